The molecule has 3 nitrogen and oxygen atoms in total. The second kappa shape index (κ2) is 12.6. The van der Waals surface area contributed by atoms with Gasteiger partial charge in [-0.2, -0.15) is 23.5 Å². The molecule has 0 aromatic heterocycles. The molecule has 5 heteroatoms. The lowest BCUT2D eigenvalue weighted by atomic mass is 10.7. The Morgan fingerprint density at radius 3 is 1.62 bits per heavy atom. The molecule has 0 aliphatic carbocycles. The van der Waals surface area contributed by atoms with E-state index in [0.29, 0.717) is 0 Å². The molecule has 0 aliphatic rings. The topological polar surface area (TPSA) is 64.1 Å². The summed E-state index contributed by atoms with van der Waals surface area (Å²) in [5.74, 6) is 4.48. The van der Waals surface area contributed by atoms with E-state index in [0.717, 1.165) is 37.7 Å². The van der Waals surface area contributed by atoms with Gasteiger partial charge in [0.1, 0.15) is 0 Å². The predicted octanol–water partition coefficient (Wildman–Crippen LogP) is -0.0402. The van der Waals surface area contributed by atoms with E-state index in [1.807, 2.05) is 23.5 Å². The average molecular weight is 223 g/mol. The fourth-order valence-electron chi connectivity index (χ4n) is 0.784. The van der Waals surface area contributed by atoms with Crippen molar-refractivity contribution >= 4 is 23.5 Å². The third-order valence-corrected chi connectivity index (χ3v) is 3.41. The first-order chi connectivity index (χ1) is 6.41. The number of rotatable bonds is 10. The molecule has 80 valence electrons. The van der Waals surface area contributed by atoms with Gasteiger partial charge in [0, 0.05) is 49.2 Å². The van der Waals surface area contributed by atoms with E-state index in [4.69, 9.17) is 11.5 Å². The van der Waals surface area contributed by atoms with Gasteiger partial charge in [-0.15, -0.1) is 0 Å². The standard InChI is InChI=1S/C8H21N3S2/c9-1-5-12-7-3-11-4-8-13-6-2-10/h11H,1-10H2. The fraction of sp³-hybridized carbons (Fsp3) is 1.00. The van der Waals surface area contributed by atoms with Crippen LogP contribution >= 0.6 is 23.5 Å². The van der Waals surface area contributed by atoms with Crippen LogP contribution in [0.15, 0.2) is 0 Å². The van der Waals surface area contributed by atoms with Crippen LogP contribution in [0.3, 0.4) is 0 Å². The van der Waals surface area contributed by atoms with Crippen LogP contribution in [0.2, 0.25) is 0 Å². The van der Waals surface area contributed by atoms with E-state index in [2.05, 4.69) is 5.32 Å². The molecular formula is C8H21N3S2. The summed E-state index contributed by atoms with van der Waals surface area (Å²) in [7, 11) is 0. The Kier molecular flexibility index (Phi) is 13.1. The second-order valence-electron chi connectivity index (χ2n) is 2.55. The molecule has 13 heavy (non-hydrogen) atoms. The quantitative estimate of drug-likeness (QED) is 0.454. The molecule has 0 bridgehead atoms. The molecule has 0 radical (unpaired) electrons. The van der Waals surface area contributed by atoms with Crippen molar-refractivity contribution in [2.45, 2.75) is 0 Å². The van der Waals surface area contributed by atoms with E-state index in [1.165, 1.54) is 11.5 Å². The smallest absolute Gasteiger partial charge is 0.00585 e. The average Bonchev–Trinajstić information content (AvgIpc) is 2.16. The van der Waals surface area contributed by atoms with E-state index in [1.54, 1.807) is 0 Å². The normalized spacial score (nSPS) is 10.6. The maximum atomic E-state index is 5.37. The largest absolute Gasteiger partial charge is 0.330 e. The summed E-state index contributed by atoms with van der Waals surface area (Å²) in [5, 5.41) is 3.38. The highest BCUT2D eigenvalue weighted by molar-refractivity contribution is 7.99. The van der Waals surface area contributed by atoms with Crippen LogP contribution < -0.4 is 16.8 Å². The molecule has 0 aliphatic heterocycles. The summed E-state index contributed by atoms with van der Waals surface area (Å²) in [6.45, 7) is 3.76. The van der Waals surface area contributed by atoms with Crippen molar-refractivity contribution in [3.8, 4) is 0 Å². The predicted molar refractivity (Wildman–Crippen MR) is 65.6 cm³/mol. The molecule has 0 fully saturated rings. The van der Waals surface area contributed by atoms with Gasteiger partial charge in [-0.3, -0.25) is 0 Å². The van der Waals surface area contributed by atoms with Gasteiger partial charge in [-0.1, -0.05) is 0 Å². The zero-order valence-corrected chi connectivity index (χ0v) is 9.76. The van der Waals surface area contributed by atoms with Gasteiger partial charge in [-0.25, -0.2) is 0 Å². The van der Waals surface area contributed by atoms with Crippen LogP contribution in [0.25, 0.3) is 0 Å². The Labute approximate surface area is 89.8 Å². The third kappa shape index (κ3) is 12.6. The van der Waals surface area contributed by atoms with Crippen molar-refractivity contribution < 1.29 is 0 Å². The minimum atomic E-state index is 0.789. The molecule has 0 aromatic carbocycles. The summed E-state index contributed by atoms with van der Waals surface area (Å²) >= 11 is 3.81. The molecule has 5 N–H and O–H groups in total. The molecule has 0 aromatic rings. The summed E-state index contributed by atoms with van der Waals surface area (Å²) < 4.78 is 0. The summed E-state index contributed by atoms with van der Waals surface area (Å²) in [6, 6.07) is 0. The molecule has 0 saturated carbocycles. The van der Waals surface area contributed by atoms with Crippen molar-refractivity contribution in [1.29, 1.82) is 0 Å². The first-order valence-electron chi connectivity index (χ1n) is 4.68. The van der Waals surface area contributed by atoms with Crippen LogP contribution in [0.1, 0.15) is 0 Å². The fourth-order valence-corrected chi connectivity index (χ4v) is 2.10. The first-order valence-corrected chi connectivity index (χ1v) is 6.99. The van der Waals surface area contributed by atoms with Gasteiger partial charge in [-0.05, 0) is 0 Å². The zero-order valence-electron chi connectivity index (χ0n) is 8.13. The number of hydrogen-bond donors (Lipinski definition) is 3. The van der Waals surface area contributed by atoms with Gasteiger partial charge >= 0.3 is 0 Å². The Bertz CT molecular complexity index is 83.5. The van der Waals surface area contributed by atoms with Gasteiger partial charge in [0.2, 0.25) is 0 Å². The Morgan fingerprint density at radius 1 is 0.769 bits per heavy atom. The lowest BCUT2D eigenvalue weighted by molar-refractivity contribution is 0.774. The molecule has 0 spiro atoms. The minimum Gasteiger partial charge on any atom is -0.330 e. The van der Waals surface area contributed by atoms with E-state index >= 15 is 0 Å². The molecular weight excluding hydrogens is 202 g/mol. The number of nitrogens with one attached hydrogen (secondary N) is 1. The van der Waals surface area contributed by atoms with Crippen LogP contribution in [0.4, 0.5) is 0 Å². The van der Waals surface area contributed by atoms with E-state index < -0.39 is 0 Å². The van der Waals surface area contributed by atoms with E-state index in [-0.39, 0.29) is 0 Å². The SMILES string of the molecule is NCCSCCNCCSCCN. The van der Waals surface area contributed by atoms with Crippen molar-refractivity contribution in [1.82, 2.24) is 5.32 Å². The monoisotopic (exact) mass is 223 g/mol. The van der Waals surface area contributed by atoms with Gasteiger partial charge in [0.05, 0.1) is 0 Å². The molecule has 0 unspecified atom stereocenters. The van der Waals surface area contributed by atoms with Crippen molar-refractivity contribution in [3.05, 3.63) is 0 Å². The third-order valence-electron chi connectivity index (χ3n) is 1.37. The summed E-state index contributed by atoms with van der Waals surface area (Å²) in [6.07, 6.45) is 0. The Hall–Kier alpha value is 0.580. The minimum absolute atomic E-state index is 0.789. The highest BCUT2D eigenvalue weighted by atomic mass is 32.2. The van der Waals surface area contributed by atoms with Gasteiger partial charge in [0.15, 0.2) is 0 Å². The molecule has 0 atom stereocenters. The second-order valence-corrected chi connectivity index (χ2v) is 5.00. The summed E-state index contributed by atoms with van der Waals surface area (Å²) in [5.41, 5.74) is 10.7. The summed E-state index contributed by atoms with van der Waals surface area (Å²) in [4.78, 5) is 0. The maximum absolute atomic E-state index is 5.37. The molecule has 0 rings (SSSR count). The Morgan fingerprint density at radius 2 is 1.23 bits per heavy atom. The first kappa shape index (κ1) is 13.6. The van der Waals surface area contributed by atoms with Crippen LogP contribution in [-0.4, -0.2) is 49.2 Å². The molecule has 0 heterocycles. The molecule has 0 amide bonds. The van der Waals surface area contributed by atoms with Crippen molar-refractivity contribution in [2.75, 3.05) is 49.2 Å². The molecule has 0 saturated heterocycles. The van der Waals surface area contributed by atoms with Crippen LogP contribution in [0, 0.1) is 0 Å². The van der Waals surface area contributed by atoms with Gasteiger partial charge in [0.25, 0.3) is 0 Å². The highest BCUT2D eigenvalue weighted by Gasteiger charge is 1.89. The van der Waals surface area contributed by atoms with E-state index in [9.17, 15) is 0 Å². The number of hydrogen-bond acceptors (Lipinski definition) is 5. The van der Waals surface area contributed by atoms with Crippen LogP contribution in [0.5, 0.6) is 0 Å². The maximum Gasteiger partial charge on any atom is 0.00585 e. The highest BCUT2D eigenvalue weighted by Crippen LogP contribution is 1.96. The number of nitrogens with two attached hydrogens (primary N) is 2. The lowest BCUT2D eigenvalue weighted by Gasteiger charge is -2.03. The van der Waals surface area contributed by atoms with Crippen molar-refractivity contribution in [3.63, 3.8) is 0 Å². The zero-order chi connectivity index (χ0) is 9.78. The Balaban J connectivity index is 2.76. The van der Waals surface area contributed by atoms with Gasteiger partial charge < -0.3 is 16.8 Å². The van der Waals surface area contributed by atoms with Crippen molar-refractivity contribution in [2.24, 2.45) is 11.5 Å². The van der Waals surface area contributed by atoms with Crippen LogP contribution in [-0.2, 0) is 0 Å². The number of thioether (sulfide) groups is 2. The lowest BCUT2D eigenvalue weighted by Crippen LogP contribution is -2.21.